The highest BCUT2D eigenvalue weighted by Gasteiger charge is 2.48. The highest BCUT2D eigenvalue weighted by atomic mass is 32.1. The highest BCUT2D eigenvalue weighted by molar-refractivity contribution is 7.80. The normalized spacial score (nSPS) is 30.1. The second-order valence-corrected chi connectivity index (χ2v) is 4.87. The van der Waals surface area contributed by atoms with E-state index in [9.17, 15) is 17.6 Å². The summed E-state index contributed by atoms with van der Waals surface area (Å²) >= 11 is 4.83. The maximum Gasteiger partial charge on any atom is 0.182 e. The maximum absolute atomic E-state index is 13.8. The minimum absolute atomic E-state index is 0.148. The SMILES string of the molecule is Fc1ccc(F)c([C@@H]2C[C@H](F)C3NC(=S)NN32)c1F. The third kappa shape index (κ3) is 1.86. The van der Waals surface area contributed by atoms with Crippen molar-refractivity contribution in [2.75, 3.05) is 0 Å². The van der Waals surface area contributed by atoms with Crippen LogP contribution in [0.15, 0.2) is 12.1 Å². The van der Waals surface area contributed by atoms with Crippen LogP contribution in [0.5, 0.6) is 0 Å². The van der Waals surface area contributed by atoms with E-state index in [0.717, 1.165) is 6.07 Å². The Morgan fingerprint density at radius 3 is 2.63 bits per heavy atom. The number of thiocarbonyl (C=S) groups is 1. The van der Waals surface area contributed by atoms with Crippen LogP contribution in [0.2, 0.25) is 0 Å². The number of nitrogens with zero attached hydrogens (tertiary/aromatic N) is 1. The fraction of sp³-hybridized carbons (Fsp3) is 0.364. The summed E-state index contributed by atoms with van der Waals surface area (Å²) in [6, 6.07) is 0.577. The number of fused-ring (bicyclic) bond motifs is 1. The second-order valence-electron chi connectivity index (χ2n) is 4.46. The van der Waals surface area contributed by atoms with Crippen LogP contribution in [0, 0.1) is 17.5 Å². The van der Waals surface area contributed by atoms with E-state index in [1.165, 1.54) is 5.01 Å². The molecule has 0 radical (unpaired) electrons. The molecule has 2 aliphatic rings. The number of hydrazine groups is 1. The zero-order valence-corrected chi connectivity index (χ0v) is 10.3. The smallest absolute Gasteiger partial charge is 0.182 e. The van der Waals surface area contributed by atoms with Crippen molar-refractivity contribution >= 4 is 17.3 Å². The number of nitrogens with one attached hydrogen (secondary N) is 2. The van der Waals surface area contributed by atoms with Gasteiger partial charge < -0.3 is 5.32 Å². The molecule has 2 fully saturated rings. The molecular weight excluding hydrogens is 282 g/mol. The van der Waals surface area contributed by atoms with Gasteiger partial charge in [0.15, 0.2) is 16.7 Å². The molecule has 0 amide bonds. The number of benzene rings is 1. The lowest BCUT2D eigenvalue weighted by atomic mass is 10.0. The van der Waals surface area contributed by atoms with Crippen LogP contribution in [0.25, 0.3) is 0 Å². The summed E-state index contributed by atoms with van der Waals surface area (Å²) in [6.45, 7) is 0. The molecule has 0 aromatic heterocycles. The van der Waals surface area contributed by atoms with Gasteiger partial charge in [-0.25, -0.2) is 17.6 Å². The third-order valence-electron chi connectivity index (χ3n) is 3.35. The number of hydrogen-bond donors (Lipinski definition) is 2. The van der Waals surface area contributed by atoms with E-state index >= 15 is 0 Å². The minimum Gasteiger partial charge on any atom is -0.342 e. The first-order valence-corrected chi connectivity index (χ1v) is 6.03. The lowest BCUT2D eigenvalue weighted by Crippen LogP contribution is -2.39. The summed E-state index contributed by atoms with van der Waals surface area (Å²) in [5.74, 6) is -3.36. The summed E-state index contributed by atoms with van der Waals surface area (Å²) in [5.41, 5.74) is 2.14. The van der Waals surface area contributed by atoms with Gasteiger partial charge >= 0.3 is 0 Å². The largest absolute Gasteiger partial charge is 0.342 e. The highest BCUT2D eigenvalue weighted by Crippen LogP contribution is 2.39. The average molecular weight is 291 g/mol. The molecular formula is C11H9F4N3S. The van der Waals surface area contributed by atoms with Crippen LogP contribution in [0.1, 0.15) is 18.0 Å². The molecule has 2 N–H and O–H groups in total. The van der Waals surface area contributed by atoms with Gasteiger partial charge in [0.2, 0.25) is 0 Å². The predicted molar refractivity (Wildman–Crippen MR) is 63.1 cm³/mol. The first-order valence-electron chi connectivity index (χ1n) is 5.62. The second kappa shape index (κ2) is 4.31. The van der Waals surface area contributed by atoms with Crippen molar-refractivity contribution in [3.63, 3.8) is 0 Å². The molecule has 1 aromatic rings. The quantitative estimate of drug-likeness (QED) is 0.469. The Kier molecular flexibility index (Phi) is 2.86. The Morgan fingerprint density at radius 1 is 1.21 bits per heavy atom. The Balaban J connectivity index is 2.04. The van der Waals surface area contributed by atoms with Crippen LogP contribution >= 0.6 is 12.2 Å². The topological polar surface area (TPSA) is 27.3 Å². The van der Waals surface area contributed by atoms with E-state index < -0.39 is 41.4 Å². The van der Waals surface area contributed by atoms with Crippen LogP contribution in [0.4, 0.5) is 17.6 Å². The zero-order chi connectivity index (χ0) is 13.7. The van der Waals surface area contributed by atoms with E-state index in [0.29, 0.717) is 6.07 Å². The molecule has 3 rings (SSSR count). The van der Waals surface area contributed by atoms with Gasteiger partial charge in [0.05, 0.1) is 6.04 Å². The first kappa shape index (κ1) is 12.6. The molecule has 19 heavy (non-hydrogen) atoms. The van der Waals surface area contributed by atoms with Crippen molar-refractivity contribution in [3.8, 4) is 0 Å². The molecule has 2 heterocycles. The van der Waals surface area contributed by atoms with E-state index in [1.54, 1.807) is 0 Å². The molecule has 2 saturated heterocycles. The fourth-order valence-corrected chi connectivity index (χ4v) is 2.75. The molecule has 1 aromatic carbocycles. The van der Waals surface area contributed by atoms with E-state index in [-0.39, 0.29) is 11.5 Å². The van der Waals surface area contributed by atoms with Crippen LogP contribution in [-0.2, 0) is 0 Å². The molecule has 8 heteroatoms. The lowest BCUT2D eigenvalue weighted by Gasteiger charge is -2.23. The van der Waals surface area contributed by atoms with Crippen LogP contribution in [0.3, 0.4) is 0 Å². The number of rotatable bonds is 1. The van der Waals surface area contributed by atoms with Gasteiger partial charge in [0.25, 0.3) is 0 Å². The Labute approximate surface area is 111 Å². The molecule has 0 spiro atoms. The molecule has 3 atom stereocenters. The van der Waals surface area contributed by atoms with Crippen molar-refractivity contribution in [2.45, 2.75) is 24.8 Å². The Bertz CT molecular complexity index is 553. The van der Waals surface area contributed by atoms with Crippen molar-refractivity contribution in [2.24, 2.45) is 0 Å². The molecule has 102 valence electrons. The fourth-order valence-electron chi connectivity index (χ4n) is 2.52. The summed E-state index contributed by atoms with van der Waals surface area (Å²) in [5, 5.41) is 4.11. The van der Waals surface area contributed by atoms with Crippen molar-refractivity contribution in [1.29, 1.82) is 0 Å². The summed E-state index contributed by atoms with van der Waals surface area (Å²) in [7, 11) is 0. The maximum atomic E-state index is 13.8. The van der Waals surface area contributed by atoms with Crippen LogP contribution in [-0.4, -0.2) is 22.5 Å². The minimum atomic E-state index is -1.36. The van der Waals surface area contributed by atoms with E-state index in [1.807, 2.05) is 0 Å². The van der Waals surface area contributed by atoms with Gasteiger partial charge in [-0.3, -0.25) is 5.43 Å². The summed E-state index contributed by atoms with van der Waals surface area (Å²) in [4.78, 5) is 0. The third-order valence-corrected chi connectivity index (χ3v) is 3.56. The zero-order valence-electron chi connectivity index (χ0n) is 9.46. The van der Waals surface area contributed by atoms with Gasteiger partial charge in [-0.1, -0.05) is 0 Å². The van der Waals surface area contributed by atoms with Gasteiger partial charge in [-0.15, -0.1) is 0 Å². The molecule has 3 nitrogen and oxygen atoms in total. The van der Waals surface area contributed by atoms with E-state index in [4.69, 9.17) is 12.2 Å². The first-order chi connectivity index (χ1) is 8.99. The van der Waals surface area contributed by atoms with Gasteiger partial charge in [-0.2, -0.15) is 5.01 Å². The molecule has 0 aliphatic carbocycles. The Morgan fingerprint density at radius 2 is 1.89 bits per heavy atom. The van der Waals surface area contributed by atoms with E-state index in [2.05, 4.69) is 10.7 Å². The molecule has 2 aliphatic heterocycles. The monoisotopic (exact) mass is 291 g/mol. The van der Waals surface area contributed by atoms with Gasteiger partial charge in [0.1, 0.15) is 18.2 Å². The predicted octanol–water partition coefficient (Wildman–Crippen LogP) is 1.91. The lowest BCUT2D eigenvalue weighted by molar-refractivity contribution is 0.152. The molecule has 0 saturated carbocycles. The standard InChI is InChI=1S/C11H9F4N3S/c12-4-1-2-5(13)9(15)8(4)7-3-6(14)10-16-11(19)17-18(7)10/h1-2,6-7,10H,3H2,(H2,16,17,19)/t6-,7-,10?/m0/s1. The average Bonchev–Trinajstić information content (AvgIpc) is 2.86. The Hall–Kier alpha value is -1.41. The van der Waals surface area contributed by atoms with Crippen LogP contribution < -0.4 is 10.7 Å². The number of alkyl halides is 1. The number of hydrogen-bond acceptors (Lipinski definition) is 2. The van der Waals surface area contributed by atoms with Crippen molar-refractivity contribution in [1.82, 2.24) is 15.8 Å². The molecule has 0 bridgehead atoms. The van der Waals surface area contributed by atoms with Crippen molar-refractivity contribution in [3.05, 3.63) is 35.1 Å². The summed E-state index contributed by atoms with van der Waals surface area (Å²) < 4.78 is 54.5. The van der Waals surface area contributed by atoms with Crippen molar-refractivity contribution < 1.29 is 17.6 Å². The van der Waals surface area contributed by atoms with Gasteiger partial charge in [0, 0.05) is 12.0 Å². The summed E-state index contributed by atoms with van der Waals surface area (Å²) in [6.07, 6.45) is -2.30. The number of halogens is 4. The molecule has 1 unspecified atom stereocenters. The van der Waals surface area contributed by atoms with Gasteiger partial charge in [-0.05, 0) is 24.4 Å².